The summed E-state index contributed by atoms with van der Waals surface area (Å²) in [5.41, 5.74) is 0.846. The molecule has 0 heterocycles. The zero-order chi connectivity index (χ0) is 13.0. The highest BCUT2D eigenvalue weighted by atomic mass is 79.9. The molecule has 1 aromatic carbocycles. The van der Waals surface area contributed by atoms with Gasteiger partial charge in [0.05, 0.1) is 7.11 Å². The first-order valence-electron chi connectivity index (χ1n) is 5.26. The molecule has 0 saturated carbocycles. The normalized spacial score (nSPS) is 11.8. The van der Waals surface area contributed by atoms with Crippen molar-refractivity contribution in [1.29, 1.82) is 0 Å². The molecule has 1 aromatic rings. The molecule has 0 aliphatic carbocycles. The summed E-state index contributed by atoms with van der Waals surface area (Å²) in [5.74, 6) is 0.773. The van der Waals surface area contributed by atoms with E-state index in [0.717, 1.165) is 15.9 Å². The molecule has 94 valence electrons. The number of likely N-dealkylation sites (N-methyl/N-ethyl adjacent to an activating group) is 1. The highest BCUT2D eigenvalue weighted by molar-refractivity contribution is 9.10. The van der Waals surface area contributed by atoms with Crippen molar-refractivity contribution in [3.8, 4) is 5.75 Å². The molecule has 0 saturated heterocycles. The number of nitrogens with one attached hydrogen (secondary N) is 1. The average Bonchev–Trinajstić information content (AvgIpc) is 2.26. The van der Waals surface area contributed by atoms with Crippen molar-refractivity contribution < 1.29 is 9.53 Å². The summed E-state index contributed by atoms with van der Waals surface area (Å²) < 4.78 is 6.07. The Kier molecular flexibility index (Phi) is 4.81. The van der Waals surface area contributed by atoms with Gasteiger partial charge in [-0.15, -0.1) is 0 Å². The Bertz CT molecular complexity index is 407. The van der Waals surface area contributed by atoms with Crippen LogP contribution >= 0.6 is 15.9 Å². The molecule has 17 heavy (non-hydrogen) atoms. The van der Waals surface area contributed by atoms with Crippen molar-refractivity contribution in [3.05, 3.63) is 22.7 Å². The number of benzene rings is 1. The third kappa shape index (κ3) is 3.93. The van der Waals surface area contributed by atoms with Gasteiger partial charge in [0.15, 0.2) is 0 Å². The Balaban J connectivity index is 2.81. The number of nitrogens with zero attached hydrogens (tertiary/aromatic N) is 1. The summed E-state index contributed by atoms with van der Waals surface area (Å²) in [5, 5.41) is 3.14. The van der Waals surface area contributed by atoms with Gasteiger partial charge in [-0.2, -0.15) is 0 Å². The number of carbonyl (C=O) groups is 1. The number of rotatable bonds is 4. The number of methoxy groups -OCH3 is 1. The predicted molar refractivity (Wildman–Crippen MR) is 72.5 cm³/mol. The third-order valence-electron chi connectivity index (χ3n) is 2.30. The largest absolute Gasteiger partial charge is 0.497 e. The molecular formula is C12H17BrN2O2. The average molecular weight is 301 g/mol. The van der Waals surface area contributed by atoms with Gasteiger partial charge in [0.25, 0.3) is 0 Å². The van der Waals surface area contributed by atoms with E-state index >= 15 is 0 Å². The highest BCUT2D eigenvalue weighted by Crippen LogP contribution is 2.24. The smallest absolute Gasteiger partial charge is 0.244 e. The maximum Gasteiger partial charge on any atom is 0.244 e. The second kappa shape index (κ2) is 5.91. The van der Waals surface area contributed by atoms with E-state index in [1.54, 1.807) is 26.1 Å². The Morgan fingerprint density at radius 1 is 1.41 bits per heavy atom. The fourth-order valence-electron chi connectivity index (χ4n) is 1.46. The van der Waals surface area contributed by atoms with Crippen molar-refractivity contribution in [1.82, 2.24) is 4.90 Å². The summed E-state index contributed by atoms with van der Waals surface area (Å²) in [7, 11) is 5.09. The van der Waals surface area contributed by atoms with E-state index in [1.807, 2.05) is 25.1 Å². The number of halogens is 1. The lowest BCUT2D eigenvalue weighted by atomic mass is 10.2. The van der Waals surface area contributed by atoms with Crippen molar-refractivity contribution in [2.75, 3.05) is 26.5 Å². The van der Waals surface area contributed by atoms with Gasteiger partial charge in [-0.25, -0.2) is 0 Å². The van der Waals surface area contributed by atoms with Crippen LogP contribution in [0.3, 0.4) is 0 Å². The van der Waals surface area contributed by atoms with Crippen LogP contribution in [-0.4, -0.2) is 38.1 Å². The maximum atomic E-state index is 11.7. The number of hydrogen-bond acceptors (Lipinski definition) is 3. The monoisotopic (exact) mass is 300 g/mol. The summed E-state index contributed by atoms with van der Waals surface area (Å²) in [6.07, 6.45) is 0. The van der Waals surface area contributed by atoms with E-state index in [9.17, 15) is 4.79 Å². The Morgan fingerprint density at radius 3 is 2.59 bits per heavy atom. The molecule has 0 aliphatic heterocycles. The van der Waals surface area contributed by atoms with Gasteiger partial charge in [0.1, 0.15) is 11.8 Å². The quantitative estimate of drug-likeness (QED) is 0.928. The minimum atomic E-state index is -0.274. The first kappa shape index (κ1) is 13.8. The second-order valence-corrected chi connectivity index (χ2v) is 4.89. The molecule has 0 aliphatic rings. The fourth-order valence-corrected chi connectivity index (χ4v) is 1.94. The summed E-state index contributed by atoms with van der Waals surface area (Å²) in [4.78, 5) is 13.3. The van der Waals surface area contributed by atoms with Crippen LogP contribution in [0.15, 0.2) is 22.7 Å². The molecule has 0 fully saturated rings. The van der Waals surface area contributed by atoms with E-state index in [-0.39, 0.29) is 11.9 Å². The van der Waals surface area contributed by atoms with Gasteiger partial charge >= 0.3 is 0 Å². The number of hydrogen-bond donors (Lipinski definition) is 1. The maximum absolute atomic E-state index is 11.7. The standard InChI is InChI=1S/C12H17BrN2O2/c1-8(12(16)15(2)3)14-10-5-9(13)6-11(7-10)17-4/h5-8,14H,1-4H3. The summed E-state index contributed by atoms with van der Waals surface area (Å²) in [6.45, 7) is 1.83. The lowest BCUT2D eigenvalue weighted by molar-refractivity contribution is -0.129. The van der Waals surface area contributed by atoms with Gasteiger partial charge < -0.3 is 15.0 Å². The van der Waals surface area contributed by atoms with Crippen LogP contribution in [-0.2, 0) is 4.79 Å². The van der Waals surface area contributed by atoms with Crippen LogP contribution in [0.2, 0.25) is 0 Å². The van der Waals surface area contributed by atoms with E-state index < -0.39 is 0 Å². The molecule has 1 rings (SSSR count). The van der Waals surface area contributed by atoms with Crippen LogP contribution in [0.4, 0.5) is 5.69 Å². The van der Waals surface area contributed by atoms with E-state index in [1.165, 1.54) is 0 Å². The number of anilines is 1. The molecule has 0 spiro atoms. The molecule has 0 radical (unpaired) electrons. The van der Waals surface area contributed by atoms with Crippen molar-refractivity contribution in [2.45, 2.75) is 13.0 Å². The molecule has 1 N–H and O–H groups in total. The molecule has 1 atom stereocenters. The van der Waals surface area contributed by atoms with Crippen LogP contribution in [0.5, 0.6) is 5.75 Å². The van der Waals surface area contributed by atoms with Crippen LogP contribution in [0.1, 0.15) is 6.92 Å². The van der Waals surface area contributed by atoms with Crippen LogP contribution < -0.4 is 10.1 Å². The molecule has 1 unspecified atom stereocenters. The van der Waals surface area contributed by atoms with Crippen molar-refractivity contribution in [2.24, 2.45) is 0 Å². The molecular weight excluding hydrogens is 284 g/mol. The second-order valence-electron chi connectivity index (χ2n) is 3.98. The van der Waals surface area contributed by atoms with Gasteiger partial charge in [-0.1, -0.05) is 15.9 Å². The van der Waals surface area contributed by atoms with Gasteiger partial charge in [-0.05, 0) is 19.1 Å². The number of carbonyl (C=O) groups excluding carboxylic acids is 1. The number of ether oxygens (including phenoxy) is 1. The van der Waals surface area contributed by atoms with Gasteiger partial charge in [0.2, 0.25) is 5.91 Å². The first-order chi connectivity index (χ1) is 7.93. The Hall–Kier alpha value is -1.23. The minimum Gasteiger partial charge on any atom is -0.497 e. The molecule has 1 amide bonds. The Morgan fingerprint density at radius 2 is 2.06 bits per heavy atom. The third-order valence-corrected chi connectivity index (χ3v) is 2.76. The Labute approximate surface area is 110 Å². The lowest BCUT2D eigenvalue weighted by Crippen LogP contribution is -2.36. The first-order valence-corrected chi connectivity index (χ1v) is 6.05. The van der Waals surface area contributed by atoms with Crippen LogP contribution in [0, 0.1) is 0 Å². The van der Waals surface area contributed by atoms with Crippen LogP contribution in [0.25, 0.3) is 0 Å². The lowest BCUT2D eigenvalue weighted by Gasteiger charge is -2.19. The van der Waals surface area contributed by atoms with Crippen molar-refractivity contribution >= 4 is 27.5 Å². The minimum absolute atomic E-state index is 0.0314. The van der Waals surface area contributed by atoms with E-state index in [4.69, 9.17) is 4.74 Å². The van der Waals surface area contributed by atoms with E-state index in [2.05, 4.69) is 21.2 Å². The summed E-state index contributed by atoms with van der Waals surface area (Å²) in [6, 6.07) is 5.35. The van der Waals surface area contributed by atoms with Gasteiger partial charge in [-0.3, -0.25) is 4.79 Å². The van der Waals surface area contributed by atoms with Crippen molar-refractivity contribution in [3.63, 3.8) is 0 Å². The van der Waals surface area contributed by atoms with Gasteiger partial charge in [0, 0.05) is 30.3 Å². The summed E-state index contributed by atoms with van der Waals surface area (Å²) >= 11 is 3.39. The molecule has 5 heteroatoms. The molecule has 0 bridgehead atoms. The predicted octanol–water partition coefficient (Wildman–Crippen LogP) is 2.35. The topological polar surface area (TPSA) is 41.6 Å². The zero-order valence-electron chi connectivity index (χ0n) is 10.5. The number of amides is 1. The molecule has 0 aromatic heterocycles. The zero-order valence-corrected chi connectivity index (χ0v) is 12.0. The highest BCUT2D eigenvalue weighted by Gasteiger charge is 2.14. The van der Waals surface area contributed by atoms with E-state index in [0.29, 0.717) is 0 Å². The fraction of sp³-hybridized carbons (Fsp3) is 0.417. The SMILES string of the molecule is COc1cc(Br)cc(NC(C)C(=O)N(C)C)c1. The molecule has 4 nitrogen and oxygen atoms in total.